The van der Waals surface area contributed by atoms with Crippen LogP contribution in [-0.2, 0) is 10.4 Å². The molecule has 2 N–H and O–H groups in total. The standard InChI is InChI=1S/C18H19NO4S/c20-17(15-10-22-13-4-1-2-5-14(13)23-15)19-11-18(21,12-7-8-12)16-6-3-9-24-16/h1-6,9,12,15,21H,7-8,10-11H2,(H,19,20)/t15-,18+/m0/s1. The average molecular weight is 345 g/mol. The fraction of sp³-hybridized carbons (Fsp3) is 0.389. The highest BCUT2D eigenvalue weighted by molar-refractivity contribution is 7.10. The molecule has 2 heterocycles. The number of fused-ring (bicyclic) bond motifs is 1. The highest BCUT2D eigenvalue weighted by atomic mass is 32.1. The second-order valence-electron chi connectivity index (χ2n) is 6.26. The number of hydrogen-bond donors (Lipinski definition) is 2. The summed E-state index contributed by atoms with van der Waals surface area (Å²) >= 11 is 1.52. The van der Waals surface area contributed by atoms with Crippen LogP contribution in [0.2, 0.25) is 0 Å². The molecule has 0 bridgehead atoms. The number of hydrogen-bond acceptors (Lipinski definition) is 5. The predicted molar refractivity (Wildman–Crippen MR) is 90.3 cm³/mol. The number of aliphatic hydroxyl groups is 1. The van der Waals surface area contributed by atoms with E-state index in [-0.39, 0.29) is 25.0 Å². The Hall–Kier alpha value is -2.05. The summed E-state index contributed by atoms with van der Waals surface area (Å²) in [5.41, 5.74) is -0.989. The van der Waals surface area contributed by atoms with E-state index in [1.807, 2.05) is 35.7 Å². The van der Waals surface area contributed by atoms with Gasteiger partial charge in [-0.1, -0.05) is 18.2 Å². The number of thiophene rings is 1. The van der Waals surface area contributed by atoms with Gasteiger partial charge in [0.15, 0.2) is 11.5 Å². The van der Waals surface area contributed by atoms with Gasteiger partial charge in [-0.25, -0.2) is 0 Å². The molecule has 2 aromatic rings. The van der Waals surface area contributed by atoms with Crippen molar-refractivity contribution in [2.75, 3.05) is 13.2 Å². The first kappa shape index (κ1) is 15.5. The summed E-state index contributed by atoms with van der Waals surface area (Å²) in [5, 5.41) is 15.8. The Morgan fingerprint density at radius 2 is 2.04 bits per heavy atom. The van der Waals surface area contributed by atoms with E-state index in [2.05, 4.69) is 5.32 Å². The average Bonchev–Trinajstić information content (AvgIpc) is 3.34. The summed E-state index contributed by atoms with van der Waals surface area (Å²) in [6.07, 6.45) is 1.27. The van der Waals surface area contributed by atoms with Crippen molar-refractivity contribution in [3.63, 3.8) is 0 Å². The minimum atomic E-state index is -0.989. The van der Waals surface area contributed by atoms with Crippen molar-refractivity contribution >= 4 is 17.2 Å². The quantitative estimate of drug-likeness (QED) is 0.873. The molecule has 0 saturated heterocycles. The largest absolute Gasteiger partial charge is 0.485 e. The summed E-state index contributed by atoms with van der Waals surface area (Å²) in [5.74, 6) is 1.16. The Morgan fingerprint density at radius 3 is 2.75 bits per heavy atom. The maximum absolute atomic E-state index is 12.4. The number of amides is 1. The zero-order valence-corrected chi connectivity index (χ0v) is 13.9. The summed E-state index contributed by atoms with van der Waals surface area (Å²) in [7, 11) is 0. The van der Waals surface area contributed by atoms with E-state index in [9.17, 15) is 9.90 Å². The van der Waals surface area contributed by atoms with E-state index < -0.39 is 11.7 Å². The van der Waals surface area contributed by atoms with Crippen LogP contribution in [0.25, 0.3) is 0 Å². The summed E-state index contributed by atoms with van der Waals surface area (Å²) in [6, 6.07) is 11.1. The van der Waals surface area contributed by atoms with Crippen molar-refractivity contribution in [1.82, 2.24) is 5.32 Å². The summed E-state index contributed by atoms with van der Waals surface area (Å²) in [6.45, 7) is 0.363. The lowest BCUT2D eigenvalue weighted by Crippen LogP contribution is -2.49. The van der Waals surface area contributed by atoms with E-state index in [1.165, 1.54) is 11.3 Å². The third-order valence-corrected chi connectivity index (χ3v) is 5.57. The number of carbonyl (C=O) groups is 1. The molecule has 126 valence electrons. The fourth-order valence-electron chi connectivity index (χ4n) is 3.00. The molecule has 1 aromatic carbocycles. The van der Waals surface area contributed by atoms with Gasteiger partial charge in [0, 0.05) is 4.88 Å². The third kappa shape index (κ3) is 2.87. The van der Waals surface area contributed by atoms with Crippen LogP contribution in [0.3, 0.4) is 0 Å². The Kier molecular flexibility index (Phi) is 3.94. The maximum Gasteiger partial charge on any atom is 0.264 e. The number of para-hydroxylation sites is 2. The first-order chi connectivity index (χ1) is 11.7. The van der Waals surface area contributed by atoms with E-state index in [4.69, 9.17) is 9.47 Å². The van der Waals surface area contributed by atoms with Gasteiger partial charge >= 0.3 is 0 Å². The number of carbonyl (C=O) groups excluding carboxylic acids is 1. The second kappa shape index (κ2) is 6.11. The van der Waals surface area contributed by atoms with E-state index in [0.717, 1.165) is 17.7 Å². The van der Waals surface area contributed by atoms with E-state index in [1.54, 1.807) is 6.07 Å². The van der Waals surface area contributed by atoms with Crippen LogP contribution in [0.5, 0.6) is 11.5 Å². The summed E-state index contributed by atoms with van der Waals surface area (Å²) < 4.78 is 11.3. The van der Waals surface area contributed by atoms with E-state index in [0.29, 0.717) is 11.5 Å². The Bertz CT molecular complexity index is 728. The number of rotatable bonds is 5. The van der Waals surface area contributed by atoms with Crippen molar-refractivity contribution in [3.8, 4) is 11.5 Å². The molecule has 4 rings (SSSR count). The predicted octanol–water partition coefficient (Wildman–Crippen LogP) is 2.30. The van der Waals surface area contributed by atoms with Crippen LogP contribution < -0.4 is 14.8 Å². The van der Waals surface area contributed by atoms with Crippen molar-refractivity contribution in [2.45, 2.75) is 24.5 Å². The van der Waals surface area contributed by atoms with Crippen LogP contribution in [-0.4, -0.2) is 30.3 Å². The minimum Gasteiger partial charge on any atom is -0.485 e. The molecule has 24 heavy (non-hydrogen) atoms. The van der Waals surface area contributed by atoms with Crippen LogP contribution in [0, 0.1) is 5.92 Å². The SMILES string of the molecule is O=C(NC[C@](O)(c1cccs1)C1CC1)[C@@H]1COc2ccccc2O1. The Labute approximate surface area is 144 Å². The monoisotopic (exact) mass is 345 g/mol. The van der Waals surface area contributed by atoms with Crippen LogP contribution >= 0.6 is 11.3 Å². The van der Waals surface area contributed by atoms with Gasteiger partial charge in [-0.05, 0) is 42.3 Å². The molecule has 0 spiro atoms. The molecule has 1 aliphatic carbocycles. The third-order valence-electron chi connectivity index (χ3n) is 4.53. The normalized spacial score (nSPS) is 21.8. The molecule has 6 heteroatoms. The molecule has 1 aliphatic heterocycles. The van der Waals surface area contributed by atoms with Crippen molar-refractivity contribution in [3.05, 3.63) is 46.7 Å². The van der Waals surface area contributed by atoms with Gasteiger partial charge in [0.25, 0.3) is 5.91 Å². The zero-order chi connectivity index (χ0) is 16.6. The number of ether oxygens (including phenoxy) is 2. The molecule has 1 amide bonds. The molecule has 2 atom stereocenters. The molecule has 1 aromatic heterocycles. The van der Waals surface area contributed by atoms with Gasteiger partial charge in [-0.15, -0.1) is 11.3 Å². The summed E-state index contributed by atoms with van der Waals surface area (Å²) in [4.78, 5) is 13.3. The van der Waals surface area contributed by atoms with Gasteiger partial charge in [0.2, 0.25) is 6.10 Å². The second-order valence-corrected chi connectivity index (χ2v) is 7.21. The molecule has 5 nitrogen and oxygen atoms in total. The Morgan fingerprint density at radius 1 is 1.25 bits per heavy atom. The number of benzene rings is 1. The highest BCUT2D eigenvalue weighted by Crippen LogP contribution is 2.46. The van der Waals surface area contributed by atoms with Gasteiger partial charge in [0.1, 0.15) is 12.2 Å². The Balaban J connectivity index is 1.41. The molecule has 1 fully saturated rings. The lowest BCUT2D eigenvalue weighted by atomic mass is 9.95. The lowest BCUT2D eigenvalue weighted by molar-refractivity contribution is -0.132. The first-order valence-electron chi connectivity index (χ1n) is 8.09. The van der Waals surface area contributed by atoms with Crippen molar-refractivity contribution < 1.29 is 19.4 Å². The van der Waals surface area contributed by atoms with Crippen molar-refractivity contribution in [2.24, 2.45) is 5.92 Å². The smallest absolute Gasteiger partial charge is 0.264 e. The topological polar surface area (TPSA) is 67.8 Å². The number of nitrogens with one attached hydrogen (secondary N) is 1. The molecule has 1 saturated carbocycles. The molecule has 2 aliphatic rings. The fourth-order valence-corrected chi connectivity index (χ4v) is 3.91. The molecular weight excluding hydrogens is 326 g/mol. The zero-order valence-electron chi connectivity index (χ0n) is 13.1. The van der Waals surface area contributed by atoms with Crippen LogP contribution in [0.1, 0.15) is 17.7 Å². The molecular formula is C18H19NO4S. The van der Waals surface area contributed by atoms with E-state index >= 15 is 0 Å². The molecule has 0 unspecified atom stereocenters. The van der Waals surface area contributed by atoms with Crippen molar-refractivity contribution in [1.29, 1.82) is 0 Å². The van der Waals surface area contributed by atoms with Gasteiger partial charge in [0.05, 0.1) is 6.54 Å². The maximum atomic E-state index is 12.4. The van der Waals surface area contributed by atoms with Crippen LogP contribution in [0.4, 0.5) is 0 Å². The van der Waals surface area contributed by atoms with Crippen LogP contribution in [0.15, 0.2) is 41.8 Å². The lowest BCUT2D eigenvalue weighted by Gasteiger charge is -2.30. The van der Waals surface area contributed by atoms with Gasteiger partial charge < -0.3 is 19.9 Å². The molecule has 0 radical (unpaired) electrons. The van der Waals surface area contributed by atoms with Gasteiger partial charge in [-0.3, -0.25) is 4.79 Å². The first-order valence-corrected chi connectivity index (χ1v) is 8.97. The highest BCUT2D eigenvalue weighted by Gasteiger charge is 2.46. The van der Waals surface area contributed by atoms with Gasteiger partial charge in [-0.2, -0.15) is 0 Å². The minimum absolute atomic E-state index is 0.170.